The lowest BCUT2D eigenvalue weighted by molar-refractivity contribution is 0.542. The molecule has 2 aliphatic heterocycles. The van der Waals surface area contributed by atoms with Crippen molar-refractivity contribution in [2.24, 2.45) is 0 Å². The average Bonchev–Trinajstić information content (AvgIpc) is 3.25. The van der Waals surface area contributed by atoms with E-state index in [2.05, 4.69) is 49.5 Å². The second-order valence-corrected chi connectivity index (χ2v) is 10.4. The summed E-state index contributed by atoms with van der Waals surface area (Å²) >= 11 is 9.90. The Balaban J connectivity index is 1.46. The van der Waals surface area contributed by atoms with Gasteiger partial charge in [-0.15, -0.1) is 0 Å². The van der Waals surface area contributed by atoms with Gasteiger partial charge >= 0.3 is 0 Å². The van der Waals surface area contributed by atoms with E-state index in [-0.39, 0.29) is 11.9 Å². The molecular formula is C25H27BrClFN6. The summed E-state index contributed by atoms with van der Waals surface area (Å²) in [6.45, 7) is 7.70. The molecule has 34 heavy (non-hydrogen) atoms. The second kappa shape index (κ2) is 9.66. The van der Waals surface area contributed by atoms with Gasteiger partial charge in [0.25, 0.3) is 0 Å². The fourth-order valence-electron chi connectivity index (χ4n) is 4.83. The molecule has 0 N–H and O–H groups in total. The monoisotopic (exact) mass is 544 g/mol. The summed E-state index contributed by atoms with van der Waals surface area (Å²) < 4.78 is 14.4. The zero-order valence-electron chi connectivity index (χ0n) is 19.3. The molecule has 9 heteroatoms. The minimum Gasteiger partial charge on any atom is -0.352 e. The van der Waals surface area contributed by atoms with Gasteiger partial charge in [-0.05, 0) is 73.0 Å². The highest BCUT2D eigenvalue weighted by Crippen LogP contribution is 2.32. The van der Waals surface area contributed by atoms with Gasteiger partial charge < -0.3 is 14.7 Å². The standard InChI is InChI=1S/C25H27BrClFN6/c1-16-4-3-9-34(16)25-30-22(18-5-7-20(28)8-6-18)13-23(31-25)33-11-10-32(15-17(33)2)24-21(27)12-19(26)14-29-24/h5-8,12-14,16-17H,3-4,9-11,15H2,1-2H3. The second-order valence-electron chi connectivity index (χ2n) is 9.05. The molecule has 2 aliphatic rings. The van der Waals surface area contributed by atoms with Crippen LogP contribution >= 0.6 is 27.5 Å². The zero-order chi connectivity index (χ0) is 23.8. The van der Waals surface area contributed by atoms with Gasteiger partial charge in [0.15, 0.2) is 0 Å². The third-order valence-electron chi connectivity index (χ3n) is 6.66. The fraction of sp³-hybridized carbons (Fsp3) is 0.400. The molecule has 1 aromatic carbocycles. The Kier molecular flexibility index (Phi) is 6.62. The first kappa shape index (κ1) is 23.3. The molecule has 2 unspecified atom stereocenters. The van der Waals surface area contributed by atoms with Crippen LogP contribution in [0.3, 0.4) is 0 Å². The number of nitrogens with zero attached hydrogens (tertiary/aromatic N) is 6. The van der Waals surface area contributed by atoms with Crippen molar-refractivity contribution in [3.8, 4) is 11.3 Å². The maximum atomic E-state index is 13.6. The summed E-state index contributed by atoms with van der Waals surface area (Å²) in [4.78, 5) is 21.3. The third kappa shape index (κ3) is 4.70. The van der Waals surface area contributed by atoms with Crippen LogP contribution in [0.5, 0.6) is 0 Å². The topological polar surface area (TPSA) is 48.4 Å². The van der Waals surface area contributed by atoms with Crippen LogP contribution in [0.4, 0.5) is 22.0 Å². The van der Waals surface area contributed by atoms with Crippen LogP contribution in [0.2, 0.25) is 5.02 Å². The van der Waals surface area contributed by atoms with E-state index < -0.39 is 0 Å². The number of halogens is 3. The van der Waals surface area contributed by atoms with E-state index in [0.29, 0.717) is 11.1 Å². The minimum atomic E-state index is -0.253. The van der Waals surface area contributed by atoms with Crippen LogP contribution in [-0.2, 0) is 0 Å². The SMILES string of the molecule is CC1CN(c2ncc(Br)cc2Cl)CCN1c1cc(-c2ccc(F)cc2)nc(N2CCCC2C)n1. The summed E-state index contributed by atoms with van der Waals surface area (Å²) in [6, 6.07) is 11.0. The molecule has 3 aromatic rings. The highest BCUT2D eigenvalue weighted by atomic mass is 79.9. The molecule has 0 radical (unpaired) electrons. The number of pyridine rings is 1. The molecule has 2 saturated heterocycles. The van der Waals surface area contributed by atoms with E-state index in [1.54, 1.807) is 18.3 Å². The quantitative estimate of drug-likeness (QED) is 0.413. The number of anilines is 3. The summed E-state index contributed by atoms with van der Waals surface area (Å²) in [7, 11) is 0. The average molecular weight is 546 g/mol. The van der Waals surface area contributed by atoms with E-state index in [4.69, 9.17) is 21.6 Å². The van der Waals surface area contributed by atoms with E-state index in [1.807, 2.05) is 12.1 Å². The van der Waals surface area contributed by atoms with E-state index in [1.165, 1.54) is 12.1 Å². The summed E-state index contributed by atoms with van der Waals surface area (Å²) in [6.07, 6.45) is 4.05. The molecule has 0 amide bonds. The summed E-state index contributed by atoms with van der Waals surface area (Å²) in [5.74, 6) is 2.19. The lowest BCUT2D eigenvalue weighted by atomic mass is 10.1. The molecule has 2 aromatic heterocycles. The first-order valence-electron chi connectivity index (χ1n) is 11.6. The lowest BCUT2D eigenvalue weighted by Gasteiger charge is -2.41. The van der Waals surface area contributed by atoms with Crippen molar-refractivity contribution in [2.45, 2.75) is 38.8 Å². The van der Waals surface area contributed by atoms with Crippen molar-refractivity contribution in [1.82, 2.24) is 15.0 Å². The first-order valence-corrected chi connectivity index (χ1v) is 12.8. The van der Waals surface area contributed by atoms with Gasteiger partial charge in [-0.1, -0.05) is 11.6 Å². The Morgan fingerprint density at radius 3 is 2.47 bits per heavy atom. The van der Waals surface area contributed by atoms with Gasteiger partial charge in [-0.3, -0.25) is 0 Å². The Bertz CT molecular complexity index is 1180. The molecule has 5 rings (SSSR count). The van der Waals surface area contributed by atoms with E-state index in [9.17, 15) is 4.39 Å². The largest absolute Gasteiger partial charge is 0.352 e. The highest BCUT2D eigenvalue weighted by Gasteiger charge is 2.29. The normalized spacial score (nSPS) is 20.8. The lowest BCUT2D eigenvalue weighted by Crippen LogP contribution is -2.52. The van der Waals surface area contributed by atoms with Crippen LogP contribution in [-0.4, -0.2) is 53.2 Å². The maximum Gasteiger partial charge on any atom is 0.228 e. The summed E-state index contributed by atoms with van der Waals surface area (Å²) in [5, 5.41) is 0.640. The van der Waals surface area contributed by atoms with Crippen molar-refractivity contribution < 1.29 is 4.39 Å². The van der Waals surface area contributed by atoms with Crippen molar-refractivity contribution in [3.05, 3.63) is 57.9 Å². The Morgan fingerprint density at radius 1 is 1.00 bits per heavy atom. The van der Waals surface area contributed by atoms with Crippen molar-refractivity contribution in [1.29, 1.82) is 0 Å². The maximum absolute atomic E-state index is 13.6. The van der Waals surface area contributed by atoms with Gasteiger partial charge in [-0.2, -0.15) is 4.98 Å². The Labute approximate surface area is 212 Å². The minimum absolute atomic E-state index is 0.190. The van der Waals surface area contributed by atoms with Gasteiger partial charge in [0.2, 0.25) is 5.95 Å². The number of aromatic nitrogens is 3. The molecule has 0 saturated carbocycles. The first-order chi connectivity index (χ1) is 16.4. The number of hydrogen-bond acceptors (Lipinski definition) is 6. The van der Waals surface area contributed by atoms with Crippen molar-refractivity contribution in [2.75, 3.05) is 40.9 Å². The fourth-order valence-corrected chi connectivity index (χ4v) is 5.58. The molecule has 0 bridgehead atoms. The predicted molar refractivity (Wildman–Crippen MR) is 139 cm³/mol. The van der Waals surface area contributed by atoms with E-state index >= 15 is 0 Å². The van der Waals surface area contributed by atoms with Gasteiger partial charge in [0, 0.05) is 60.6 Å². The van der Waals surface area contributed by atoms with Crippen LogP contribution in [0.1, 0.15) is 26.7 Å². The zero-order valence-corrected chi connectivity index (χ0v) is 21.6. The van der Waals surface area contributed by atoms with Gasteiger partial charge in [0.1, 0.15) is 17.5 Å². The Morgan fingerprint density at radius 2 is 1.79 bits per heavy atom. The van der Waals surface area contributed by atoms with Gasteiger partial charge in [0.05, 0.1) is 10.7 Å². The third-order valence-corrected chi connectivity index (χ3v) is 7.37. The Hall–Kier alpha value is -2.45. The van der Waals surface area contributed by atoms with Crippen molar-refractivity contribution >= 4 is 45.1 Å². The van der Waals surface area contributed by atoms with E-state index in [0.717, 1.165) is 72.3 Å². The van der Waals surface area contributed by atoms with Crippen molar-refractivity contribution in [3.63, 3.8) is 0 Å². The number of hydrogen-bond donors (Lipinski definition) is 0. The van der Waals surface area contributed by atoms with Crippen LogP contribution in [0.15, 0.2) is 47.1 Å². The molecule has 0 spiro atoms. The predicted octanol–water partition coefficient (Wildman–Crippen LogP) is 5.80. The molecule has 178 valence electrons. The molecule has 6 nitrogen and oxygen atoms in total. The molecule has 4 heterocycles. The van der Waals surface area contributed by atoms with Crippen LogP contribution < -0.4 is 14.7 Å². The van der Waals surface area contributed by atoms with Crippen LogP contribution in [0, 0.1) is 5.82 Å². The molecule has 2 fully saturated rings. The number of rotatable bonds is 4. The number of benzene rings is 1. The number of piperazine rings is 1. The molecular weight excluding hydrogens is 519 g/mol. The smallest absolute Gasteiger partial charge is 0.228 e. The highest BCUT2D eigenvalue weighted by molar-refractivity contribution is 9.10. The van der Waals surface area contributed by atoms with Gasteiger partial charge in [-0.25, -0.2) is 14.4 Å². The molecule has 2 atom stereocenters. The molecule has 0 aliphatic carbocycles. The summed E-state index contributed by atoms with van der Waals surface area (Å²) in [5.41, 5.74) is 1.70. The van der Waals surface area contributed by atoms with Crippen LogP contribution in [0.25, 0.3) is 11.3 Å².